The quantitative estimate of drug-likeness (QED) is 0.0691. The van der Waals surface area contributed by atoms with E-state index in [0.29, 0.717) is 5.56 Å². The molecule has 10 nitrogen and oxygen atoms in total. The van der Waals surface area contributed by atoms with E-state index in [1.807, 2.05) is 0 Å². The van der Waals surface area contributed by atoms with Gasteiger partial charge in [-0.25, -0.2) is 4.79 Å². The minimum Gasteiger partial charge on any atom is -0.546 e. The molecule has 1 atom stereocenters. The summed E-state index contributed by atoms with van der Waals surface area (Å²) >= 11 is 0. The fraction of sp³-hybridized carbons (Fsp3) is 0.0769. The number of hydrogen-bond donors (Lipinski definition) is 6. The van der Waals surface area contributed by atoms with E-state index in [9.17, 15) is 45.3 Å². The number of ether oxygens (including phenoxy) is 1. The van der Waals surface area contributed by atoms with Gasteiger partial charge in [0.25, 0.3) is 0 Å². The summed E-state index contributed by atoms with van der Waals surface area (Å²) in [4.78, 5) is 23.7. The van der Waals surface area contributed by atoms with Crippen molar-refractivity contribution in [3.05, 3.63) is 76.9 Å². The van der Waals surface area contributed by atoms with Gasteiger partial charge < -0.3 is 45.3 Å². The van der Waals surface area contributed by atoms with Gasteiger partial charge in [-0.3, -0.25) is 0 Å². The van der Waals surface area contributed by atoms with Crippen molar-refractivity contribution in [1.82, 2.24) is 0 Å². The van der Waals surface area contributed by atoms with Crippen molar-refractivity contribution in [2.24, 2.45) is 0 Å². The minimum atomic E-state index is -1.69. The Morgan fingerprint density at radius 3 is 2.03 bits per heavy atom. The van der Waals surface area contributed by atoms with Gasteiger partial charge in [0.15, 0.2) is 34.5 Å². The molecule has 0 spiro atoms. The van der Waals surface area contributed by atoms with E-state index in [1.165, 1.54) is 54.6 Å². The number of aromatic hydroxyl groups is 6. The van der Waals surface area contributed by atoms with Crippen molar-refractivity contribution in [1.29, 1.82) is 0 Å². The molecule has 3 rings (SSSR count). The molecule has 3 aromatic carbocycles. The van der Waals surface area contributed by atoms with Crippen LogP contribution in [0.1, 0.15) is 22.3 Å². The molecule has 186 valence electrons. The molecule has 0 amide bonds. The summed E-state index contributed by atoms with van der Waals surface area (Å²) in [6.07, 6.45) is 2.99. The Kier molecular flexibility index (Phi) is 10.6. The molecule has 0 fully saturated rings. The van der Waals surface area contributed by atoms with Crippen LogP contribution in [-0.4, -0.2) is 48.7 Å². The van der Waals surface area contributed by atoms with Crippen LogP contribution >= 0.6 is 0 Å². The van der Waals surface area contributed by atoms with Crippen molar-refractivity contribution in [3.63, 3.8) is 0 Å². The third-order valence-electron chi connectivity index (χ3n) is 5.05. The molecule has 0 unspecified atom stereocenters. The number of esters is 1. The van der Waals surface area contributed by atoms with Gasteiger partial charge in [0.1, 0.15) is 6.10 Å². The van der Waals surface area contributed by atoms with Crippen molar-refractivity contribution in [2.75, 3.05) is 0 Å². The summed E-state index contributed by atoms with van der Waals surface area (Å²) in [5.41, 5.74) is 1.09. The number of phenolic OH excluding ortho intramolecular Hbond substituents is 6. The monoisotopic (exact) mass is 532 g/mol. The number of phenols is 6. The topological polar surface area (TPSA) is 188 Å². The van der Waals surface area contributed by atoms with Gasteiger partial charge in [-0.15, -0.1) is 0 Å². The molecule has 37 heavy (non-hydrogen) atoms. The molecular formula is C26H21KO10. The summed E-state index contributed by atoms with van der Waals surface area (Å²) < 4.78 is 4.94. The van der Waals surface area contributed by atoms with E-state index >= 15 is 0 Å². The van der Waals surface area contributed by atoms with Crippen molar-refractivity contribution >= 4 is 30.2 Å². The second kappa shape index (κ2) is 13.2. The van der Waals surface area contributed by atoms with E-state index in [1.54, 1.807) is 0 Å². The number of carbonyl (C=O) groups is 2. The first-order valence-electron chi connectivity index (χ1n) is 10.4. The second-order valence-corrected chi connectivity index (χ2v) is 7.62. The Morgan fingerprint density at radius 1 is 0.784 bits per heavy atom. The zero-order valence-corrected chi connectivity index (χ0v) is 22.7. The maximum absolute atomic E-state index is 12.3. The number of carbonyl (C=O) groups excluding carboxylic acids is 2. The van der Waals surface area contributed by atoms with Crippen LogP contribution in [0.4, 0.5) is 0 Å². The summed E-state index contributed by atoms with van der Waals surface area (Å²) in [5.74, 6) is -5.18. The third kappa shape index (κ3) is 8.00. The van der Waals surface area contributed by atoms with Crippen LogP contribution < -0.4 is 56.5 Å². The number of carboxylic acid groups (broad SMARTS) is 1. The van der Waals surface area contributed by atoms with Crippen LogP contribution in [0.3, 0.4) is 0 Å². The number of benzene rings is 3. The Morgan fingerprint density at radius 2 is 1.41 bits per heavy atom. The predicted molar refractivity (Wildman–Crippen MR) is 126 cm³/mol. The van der Waals surface area contributed by atoms with E-state index in [2.05, 4.69) is 0 Å². The third-order valence-corrected chi connectivity index (χ3v) is 5.05. The van der Waals surface area contributed by atoms with Gasteiger partial charge in [-0.2, -0.15) is 0 Å². The van der Waals surface area contributed by atoms with Crippen LogP contribution in [0.25, 0.3) is 18.2 Å². The summed E-state index contributed by atoms with van der Waals surface area (Å²) in [6.45, 7) is 0. The molecule has 11 heteroatoms. The Labute approximate surface area is 253 Å². The number of rotatable bonds is 8. The molecule has 0 aliphatic heterocycles. The molecule has 0 saturated heterocycles. The van der Waals surface area contributed by atoms with Crippen LogP contribution in [-0.2, 0) is 20.7 Å². The Hall–Kier alpha value is -3.48. The average Bonchev–Trinajstić information content (AvgIpc) is 2.83. The van der Waals surface area contributed by atoms with Gasteiger partial charge in [0.05, 0.1) is 5.97 Å². The van der Waals surface area contributed by atoms with Crippen LogP contribution in [0, 0.1) is 0 Å². The van der Waals surface area contributed by atoms with Crippen molar-refractivity contribution < 1.29 is 101 Å². The van der Waals surface area contributed by atoms with Gasteiger partial charge in [-0.05, 0) is 59.2 Å². The fourth-order valence-electron chi connectivity index (χ4n) is 3.18. The van der Waals surface area contributed by atoms with Gasteiger partial charge >= 0.3 is 57.4 Å². The van der Waals surface area contributed by atoms with Crippen LogP contribution in [0.15, 0.2) is 54.6 Å². The van der Waals surface area contributed by atoms with E-state index in [4.69, 9.17) is 4.74 Å². The molecule has 0 aliphatic rings. The molecule has 0 radical (unpaired) electrons. The van der Waals surface area contributed by atoms with Crippen molar-refractivity contribution in [2.45, 2.75) is 12.5 Å². The first-order valence-corrected chi connectivity index (χ1v) is 10.4. The van der Waals surface area contributed by atoms with Gasteiger partial charge in [0.2, 0.25) is 0 Å². The van der Waals surface area contributed by atoms with Crippen LogP contribution in [0.5, 0.6) is 34.5 Å². The molecular weight excluding hydrogens is 511 g/mol. The maximum atomic E-state index is 12.3. The predicted octanol–water partition coefficient (Wildman–Crippen LogP) is -0.988. The van der Waals surface area contributed by atoms with Gasteiger partial charge in [0, 0.05) is 18.1 Å². The molecule has 0 aromatic heterocycles. The smallest absolute Gasteiger partial charge is 0.546 e. The molecule has 0 heterocycles. The molecule has 0 aliphatic carbocycles. The number of aliphatic carboxylic acids is 1. The number of hydrogen-bond acceptors (Lipinski definition) is 10. The van der Waals surface area contributed by atoms with E-state index in [-0.39, 0.29) is 86.0 Å². The summed E-state index contributed by atoms with van der Waals surface area (Å²) in [7, 11) is 0. The molecule has 3 aromatic rings. The van der Waals surface area contributed by atoms with Gasteiger partial charge in [-0.1, -0.05) is 24.3 Å². The SMILES string of the molecule is O=C(/C=C\c1ccc(O)c(O)c1/C=C/c1ccc(O)c(O)c1)O[C@@H](Cc1ccc(O)c(O)c1)C(=O)[O-].[K+]. The molecule has 0 bridgehead atoms. The molecule has 0 saturated carbocycles. The second-order valence-electron chi connectivity index (χ2n) is 7.62. The first kappa shape index (κ1) is 29.7. The van der Waals surface area contributed by atoms with Crippen LogP contribution in [0.2, 0.25) is 0 Å². The zero-order valence-electron chi connectivity index (χ0n) is 19.5. The number of carboxylic acids is 1. The Balaban J connectivity index is 0.00000481. The van der Waals surface area contributed by atoms with Crippen molar-refractivity contribution in [3.8, 4) is 34.5 Å². The summed E-state index contributed by atoms with van der Waals surface area (Å²) in [5, 5.41) is 69.5. The Bertz CT molecular complexity index is 1360. The van der Waals surface area contributed by atoms with E-state index < -0.39 is 41.0 Å². The largest absolute Gasteiger partial charge is 1.00 e. The van der Waals surface area contributed by atoms with E-state index in [0.717, 1.165) is 18.2 Å². The average molecular weight is 533 g/mol. The standard InChI is InChI=1S/C26H22O10.K/c27-18-7-2-14(11-21(18)30)1-6-17-16(4-9-20(29)25(17)33)5-10-24(32)36-23(26(34)35)13-15-3-8-19(28)22(31)12-15;/h1-12,23,27-31,33H,13H2,(H,34,35);/q;+1/p-1/b6-1+,10-5-;/t23-;/m0./s1. The fourth-order valence-corrected chi connectivity index (χ4v) is 3.18. The zero-order chi connectivity index (χ0) is 26.4. The summed E-state index contributed by atoms with van der Waals surface area (Å²) in [6, 6.07) is 10.2. The normalized spacial score (nSPS) is 11.8. The maximum Gasteiger partial charge on any atom is 1.00 e. The molecule has 6 N–H and O–H groups in total. The first-order chi connectivity index (χ1) is 17.0. The minimum absolute atomic E-state index is 0.